The second kappa shape index (κ2) is 9.60. The number of amides is 2. The third-order valence-corrected chi connectivity index (χ3v) is 4.52. The van der Waals surface area contributed by atoms with E-state index in [1.54, 1.807) is 54.6 Å². The number of nitrogens with zero attached hydrogens (tertiary/aromatic N) is 1. The Bertz CT molecular complexity index is 1060. The van der Waals surface area contributed by atoms with E-state index in [0.29, 0.717) is 37.7 Å². The number of hydrogen-bond acceptors (Lipinski definition) is 4. The summed E-state index contributed by atoms with van der Waals surface area (Å²) in [5.74, 6) is 0.0681. The largest absolute Gasteiger partial charge is 0.455 e. The van der Waals surface area contributed by atoms with E-state index in [1.807, 2.05) is 0 Å². The monoisotopic (exact) mass is 449 g/mol. The minimum absolute atomic E-state index is 0.234. The molecule has 0 fully saturated rings. The van der Waals surface area contributed by atoms with Crippen LogP contribution in [0.4, 0.5) is 0 Å². The highest BCUT2D eigenvalue weighted by molar-refractivity contribution is 6.36. The van der Waals surface area contributed by atoms with E-state index < -0.39 is 11.8 Å². The number of rotatable bonds is 6. The lowest BCUT2D eigenvalue weighted by Gasteiger charge is -2.04. The number of nitrogens with one attached hydrogen (secondary N) is 2. The number of furan rings is 1. The van der Waals surface area contributed by atoms with Crippen molar-refractivity contribution >= 4 is 52.8 Å². The average molecular weight is 451 g/mol. The Balaban J connectivity index is 1.51. The van der Waals surface area contributed by atoms with Crippen LogP contribution in [0.3, 0.4) is 0 Å². The lowest BCUT2D eigenvalue weighted by Crippen LogP contribution is -2.34. The van der Waals surface area contributed by atoms with Crippen LogP contribution in [0.1, 0.15) is 16.1 Å². The Morgan fingerprint density at radius 2 is 1.69 bits per heavy atom. The molecular weight excluding hydrogens is 437 g/mol. The lowest BCUT2D eigenvalue weighted by atomic mass is 10.2. The minimum Gasteiger partial charge on any atom is -0.455 e. The van der Waals surface area contributed by atoms with Gasteiger partial charge in [-0.25, -0.2) is 5.43 Å². The molecule has 0 aliphatic carbocycles. The summed E-state index contributed by atoms with van der Waals surface area (Å²) >= 11 is 17.8. The molecule has 1 heterocycles. The number of benzene rings is 2. The van der Waals surface area contributed by atoms with Crippen LogP contribution in [-0.2, 0) is 4.79 Å². The predicted molar refractivity (Wildman–Crippen MR) is 114 cm³/mol. The van der Waals surface area contributed by atoms with Gasteiger partial charge >= 0.3 is 0 Å². The van der Waals surface area contributed by atoms with Gasteiger partial charge in [-0.05, 0) is 54.6 Å². The number of carbonyl (C=O) groups is 2. The van der Waals surface area contributed by atoms with Gasteiger partial charge in [0.15, 0.2) is 0 Å². The summed E-state index contributed by atoms with van der Waals surface area (Å²) in [6, 6.07) is 14.8. The molecule has 9 heteroatoms. The topological polar surface area (TPSA) is 83.7 Å². The molecule has 3 rings (SSSR count). The number of halogens is 3. The number of hydrogen-bond donors (Lipinski definition) is 2. The SMILES string of the molecule is O=C(CNC(=O)c1ccc(Cl)cc1)NN=Cc1ccc(-c2ccc(Cl)cc2Cl)o1. The van der Waals surface area contributed by atoms with Crippen LogP contribution < -0.4 is 10.7 Å². The molecule has 3 aromatic rings. The highest BCUT2D eigenvalue weighted by atomic mass is 35.5. The molecule has 1 aromatic heterocycles. The van der Waals surface area contributed by atoms with Crippen molar-refractivity contribution in [3.8, 4) is 11.3 Å². The quantitative estimate of drug-likeness (QED) is 0.418. The first-order chi connectivity index (χ1) is 13.9. The van der Waals surface area contributed by atoms with Crippen molar-refractivity contribution in [1.82, 2.24) is 10.7 Å². The summed E-state index contributed by atoms with van der Waals surface area (Å²) < 4.78 is 5.63. The van der Waals surface area contributed by atoms with Crippen molar-refractivity contribution in [2.45, 2.75) is 0 Å². The lowest BCUT2D eigenvalue weighted by molar-refractivity contribution is -0.120. The highest BCUT2D eigenvalue weighted by Gasteiger charge is 2.09. The van der Waals surface area contributed by atoms with Crippen LogP contribution >= 0.6 is 34.8 Å². The second-order valence-electron chi connectivity index (χ2n) is 5.81. The average Bonchev–Trinajstić information content (AvgIpc) is 3.15. The Hall–Kier alpha value is -2.80. The molecule has 2 aromatic carbocycles. The summed E-state index contributed by atoms with van der Waals surface area (Å²) in [6.45, 7) is -0.234. The normalized spacial score (nSPS) is 10.9. The van der Waals surface area contributed by atoms with Crippen LogP contribution in [0.2, 0.25) is 15.1 Å². The molecule has 0 radical (unpaired) electrons. The van der Waals surface area contributed by atoms with Gasteiger partial charge in [-0.15, -0.1) is 0 Å². The maximum absolute atomic E-state index is 11.9. The zero-order valence-electron chi connectivity index (χ0n) is 14.8. The van der Waals surface area contributed by atoms with Gasteiger partial charge in [-0.2, -0.15) is 5.10 Å². The van der Waals surface area contributed by atoms with E-state index in [-0.39, 0.29) is 6.54 Å². The van der Waals surface area contributed by atoms with Crippen LogP contribution in [-0.4, -0.2) is 24.6 Å². The third kappa shape index (κ3) is 5.84. The zero-order valence-corrected chi connectivity index (χ0v) is 17.1. The van der Waals surface area contributed by atoms with E-state index in [9.17, 15) is 9.59 Å². The second-order valence-corrected chi connectivity index (χ2v) is 7.09. The Morgan fingerprint density at radius 3 is 2.41 bits per heavy atom. The summed E-state index contributed by atoms with van der Waals surface area (Å²) in [6.07, 6.45) is 1.34. The van der Waals surface area contributed by atoms with Gasteiger partial charge in [0, 0.05) is 21.2 Å². The molecule has 0 saturated heterocycles. The molecule has 0 unspecified atom stereocenters. The molecule has 0 spiro atoms. The zero-order chi connectivity index (χ0) is 20.8. The molecule has 148 valence electrons. The molecule has 2 N–H and O–H groups in total. The van der Waals surface area contributed by atoms with E-state index in [1.165, 1.54) is 6.21 Å². The molecule has 6 nitrogen and oxygen atoms in total. The third-order valence-electron chi connectivity index (χ3n) is 3.72. The van der Waals surface area contributed by atoms with Crippen molar-refractivity contribution in [2.75, 3.05) is 6.54 Å². The first-order valence-electron chi connectivity index (χ1n) is 8.33. The maximum atomic E-state index is 11.9. The van der Waals surface area contributed by atoms with Crippen molar-refractivity contribution in [1.29, 1.82) is 0 Å². The van der Waals surface area contributed by atoms with Gasteiger partial charge in [0.25, 0.3) is 11.8 Å². The first kappa shape index (κ1) is 20.9. The van der Waals surface area contributed by atoms with Crippen molar-refractivity contribution in [3.63, 3.8) is 0 Å². The first-order valence-corrected chi connectivity index (χ1v) is 9.47. The van der Waals surface area contributed by atoms with E-state index >= 15 is 0 Å². The van der Waals surface area contributed by atoms with Gasteiger partial charge < -0.3 is 9.73 Å². The minimum atomic E-state index is -0.490. The van der Waals surface area contributed by atoms with Crippen molar-refractivity contribution < 1.29 is 14.0 Å². The molecule has 0 aliphatic rings. The molecular formula is C20H14Cl3N3O3. The fraction of sp³-hybridized carbons (Fsp3) is 0.0500. The summed E-state index contributed by atoms with van der Waals surface area (Å²) in [5, 5.41) is 7.80. The molecule has 0 atom stereocenters. The standard InChI is InChI=1S/C20H14Cl3N3O3/c21-13-3-1-12(2-4-13)20(28)24-11-19(27)26-25-10-15-6-8-18(29-15)16-7-5-14(22)9-17(16)23/h1-10H,11H2,(H,24,28)(H,26,27). The Morgan fingerprint density at radius 1 is 0.966 bits per heavy atom. The summed E-state index contributed by atoms with van der Waals surface area (Å²) in [5.41, 5.74) is 3.39. The fourth-order valence-electron chi connectivity index (χ4n) is 2.33. The number of carbonyl (C=O) groups excluding carboxylic acids is 2. The van der Waals surface area contributed by atoms with Crippen LogP contribution in [0, 0.1) is 0 Å². The molecule has 29 heavy (non-hydrogen) atoms. The van der Waals surface area contributed by atoms with Gasteiger partial charge in [0.05, 0.1) is 17.8 Å². The smallest absolute Gasteiger partial charge is 0.259 e. The highest BCUT2D eigenvalue weighted by Crippen LogP contribution is 2.31. The summed E-state index contributed by atoms with van der Waals surface area (Å²) in [7, 11) is 0. The van der Waals surface area contributed by atoms with Gasteiger partial charge in [-0.1, -0.05) is 34.8 Å². The van der Waals surface area contributed by atoms with Crippen molar-refractivity contribution in [2.24, 2.45) is 5.10 Å². The van der Waals surface area contributed by atoms with E-state index in [2.05, 4.69) is 15.8 Å². The van der Waals surface area contributed by atoms with Gasteiger partial charge in [0.2, 0.25) is 0 Å². The van der Waals surface area contributed by atoms with Crippen LogP contribution in [0.15, 0.2) is 64.1 Å². The predicted octanol–water partition coefficient (Wildman–Crippen LogP) is 4.79. The van der Waals surface area contributed by atoms with Crippen LogP contribution in [0.25, 0.3) is 11.3 Å². The molecule has 0 aliphatic heterocycles. The van der Waals surface area contributed by atoms with Crippen LogP contribution in [0.5, 0.6) is 0 Å². The Labute approximate surface area is 181 Å². The van der Waals surface area contributed by atoms with Crippen molar-refractivity contribution in [3.05, 3.63) is 81.0 Å². The maximum Gasteiger partial charge on any atom is 0.259 e. The Kier molecular flexibility index (Phi) is 6.93. The molecule has 0 saturated carbocycles. The van der Waals surface area contributed by atoms with Gasteiger partial charge in [0.1, 0.15) is 11.5 Å². The summed E-state index contributed by atoms with van der Waals surface area (Å²) in [4.78, 5) is 23.7. The van der Waals surface area contributed by atoms with E-state index in [0.717, 1.165) is 0 Å². The fourth-order valence-corrected chi connectivity index (χ4v) is 2.96. The molecule has 2 amide bonds. The van der Waals surface area contributed by atoms with Gasteiger partial charge in [-0.3, -0.25) is 9.59 Å². The molecule has 0 bridgehead atoms. The number of hydrazone groups is 1. The van der Waals surface area contributed by atoms with E-state index in [4.69, 9.17) is 39.2 Å².